The first kappa shape index (κ1) is 25.7. The van der Waals surface area contributed by atoms with Gasteiger partial charge >= 0.3 is 11.9 Å². The molecule has 0 spiro atoms. The Morgan fingerprint density at radius 3 is 2.07 bits per heavy atom. The second-order valence-electron chi connectivity index (χ2n) is 6.39. The largest absolute Gasteiger partial charge is 0.481 e. The van der Waals surface area contributed by atoms with E-state index in [4.69, 9.17) is 15.9 Å². The molecule has 0 bridgehead atoms. The maximum absolute atomic E-state index is 12.3. The number of carboxylic acid groups (broad SMARTS) is 2. The van der Waals surface area contributed by atoms with Crippen LogP contribution in [0, 0.1) is 5.92 Å². The van der Waals surface area contributed by atoms with E-state index in [1.54, 1.807) is 20.1 Å². The van der Waals surface area contributed by atoms with Crippen molar-refractivity contribution in [1.29, 1.82) is 0 Å². The third-order valence-corrected chi connectivity index (χ3v) is 4.34. The molecule has 12 heteroatoms. The Kier molecular flexibility index (Phi) is 11.9. The highest BCUT2D eigenvalue weighted by molar-refractivity contribution is 7.98. The Bertz CT molecular complexity index is 585. The molecule has 0 aliphatic carbocycles. The van der Waals surface area contributed by atoms with Crippen LogP contribution >= 0.6 is 11.8 Å². The summed E-state index contributed by atoms with van der Waals surface area (Å²) in [6.45, 7) is 2.96. The van der Waals surface area contributed by atoms with Gasteiger partial charge in [0, 0.05) is 0 Å². The number of hydrogen-bond donors (Lipinski definition) is 6. The molecule has 0 heterocycles. The molecule has 0 aliphatic heterocycles. The van der Waals surface area contributed by atoms with Crippen LogP contribution in [-0.4, -0.2) is 76.6 Å². The van der Waals surface area contributed by atoms with E-state index in [1.165, 1.54) is 11.8 Å². The molecule has 3 atom stereocenters. The topological polar surface area (TPSA) is 188 Å². The minimum atomic E-state index is -1.49. The van der Waals surface area contributed by atoms with Gasteiger partial charge in [-0.25, -0.2) is 4.79 Å². The zero-order valence-electron chi connectivity index (χ0n) is 16.1. The number of aliphatic carboxylic acids is 2. The number of rotatable bonds is 13. The number of carbonyl (C=O) groups excluding carboxylic acids is 3. The van der Waals surface area contributed by atoms with Crippen molar-refractivity contribution in [2.75, 3.05) is 18.6 Å². The summed E-state index contributed by atoms with van der Waals surface area (Å²) in [6.07, 6.45) is 1.17. The van der Waals surface area contributed by atoms with Crippen LogP contribution in [0.2, 0.25) is 0 Å². The van der Waals surface area contributed by atoms with E-state index in [1.807, 2.05) is 0 Å². The molecule has 0 aliphatic rings. The molecular weight excluding hydrogens is 392 g/mol. The lowest BCUT2D eigenvalue weighted by molar-refractivity contribution is -0.143. The second kappa shape index (κ2) is 12.9. The van der Waals surface area contributed by atoms with E-state index in [0.717, 1.165) is 0 Å². The number of carboxylic acids is 2. The minimum absolute atomic E-state index is 0.138. The van der Waals surface area contributed by atoms with Gasteiger partial charge in [0.05, 0.1) is 19.0 Å². The summed E-state index contributed by atoms with van der Waals surface area (Å²) in [5.41, 5.74) is 5.64. The van der Waals surface area contributed by atoms with Crippen LogP contribution in [0.5, 0.6) is 0 Å². The Labute approximate surface area is 167 Å². The molecule has 0 aromatic rings. The normalized spacial score (nSPS) is 13.9. The van der Waals surface area contributed by atoms with Crippen molar-refractivity contribution in [2.45, 2.75) is 44.8 Å². The van der Waals surface area contributed by atoms with Crippen LogP contribution in [0.3, 0.4) is 0 Å². The third-order valence-electron chi connectivity index (χ3n) is 3.70. The van der Waals surface area contributed by atoms with E-state index in [2.05, 4.69) is 16.0 Å². The molecule has 160 valence electrons. The fourth-order valence-corrected chi connectivity index (χ4v) is 2.45. The van der Waals surface area contributed by atoms with Crippen molar-refractivity contribution >= 4 is 41.4 Å². The van der Waals surface area contributed by atoms with E-state index in [-0.39, 0.29) is 12.3 Å². The van der Waals surface area contributed by atoms with Gasteiger partial charge in [-0.05, 0) is 24.3 Å². The second-order valence-corrected chi connectivity index (χ2v) is 7.37. The average molecular weight is 420 g/mol. The molecule has 7 N–H and O–H groups in total. The monoisotopic (exact) mass is 420 g/mol. The summed E-state index contributed by atoms with van der Waals surface area (Å²) in [4.78, 5) is 58.2. The van der Waals surface area contributed by atoms with E-state index in [0.29, 0.717) is 5.75 Å². The van der Waals surface area contributed by atoms with Gasteiger partial charge in [-0.3, -0.25) is 19.2 Å². The van der Waals surface area contributed by atoms with Crippen molar-refractivity contribution in [3.05, 3.63) is 0 Å². The molecule has 0 radical (unpaired) electrons. The standard InChI is InChI=1S/C16H28N4O7S/c1-8(2)13(17)15(25)18-7-11(21)19-10(6-12(22)23)14(24)20-9(16(26)27)4-5-28-3/h8-10,13H,4-7,17H2,1-3H3,(H,18,25)(H,19,21)(H,20,24)(H,22,23)(H,26,27). The predicted octanol–water partition coefficient (Wildman–Crippen LogP) is -1.63. The van der Waals surface area contributed by atoms with Crippen LogP contribution < -0.4 is 21.7 Å². The van der Waals surface area contributed by atoms with Gasteiger partial charge in [0.1, 0.15) is 12.1 Å². The van der Waals surface area contributed by atoms with E-state index in [9.17, 15) is 24.0 Å². The highest BCUT2D eigenvalue weighted by atomic mass is 32.2. The molecule has 0 fully saturated rings. The molecule has 0 aromatic heterocycles. The summed E-state index contributed by atoms with van der Waals surface area (Å²) < 4.78 is 0. The van der Waals surface area contributed by atoms with Gasteiger partial charge in [0.25, 0.3) is 0 Å². The highest BCUT2D eigenvalue weighted by Gasteiger charge is 2.28. The van der Waals surface area contributed by atoms with Crippen molar-refractivity contribution in [3.8, 4) is 0 Å². The van der Waals surface area contributed by atoms with Gasteiger partial charge in [-0.1, -0.05) is 13.8 Å². The Morgan fingerprint density at radius 1 is 1.00 bits per heavy atom. The van der Waals surface area contributed by atoms with E-state index < -0.39 is 60.8 Å². The molecule has 28 heavy (non-hydrogen) atoms. The summed E-state index contributed by atoms with van der Waals surface area (Å²) in [5, 5.41) is 24.8. The predicted molar refractivity (Wildman–Crippen MR) is 103 cm³/mol. The van der Waals surface area contributed by atoms with Crippen molar-refractivity contribution in [1.82, 2.24) is 16.0 Å². The number of amides is 3. The van der Waals surface area contributed by atoms with Crippen LogP contribution in [0.1, 0.15) is 26.7 Å². The van der Waals surface area contributed by atoms with Gasteiger partial charge in [-0.15, -0.1) is 0 Å². The van der Waals surface area contributed by atoms with Crippen molar-refractivity contribution in [3.63, 3.8) is 0 Å². The molecular formula is C16H28N4O7S. The summed E-state index contributed by atoms with van der Waals surface area (Å²) in [7, 11) is 0. The van der Waals surface area contributed by atoms with Crippen LogP contribution in [0.15, 0.2) is 0 Å². The van der Waals surface area contributed by atoms with Gasteiger partial charge in [-0.2, -0.15) is 11.8 Å². The molecule has 0 aromatic carbocycles. The molecule has 0 rings (SSSR count). The third kappa shape index (κ3) is 10.1. The Balaban J connectivity index is 4.89. The lowest BCUT2D eigenvalue weighted by Gasteiger charge is -2.21. The maximum Gasteiger partial charge on any atom is 0.326 e. The van der Waals surface area contributed by atoms with Crippen molar-refractivity contribution < 1.29 is 34.2 Å². The Hall–Kier alpha value is -2.34. The highest BCUT2D eigenvalue weighted by Crippen LogP contribution is 2.03. The van der Waals surface area contributed by atoms with Crippen molar-refractivity contribution in [2.24, 2.45) is 11.7 Å². The molecule has 11 nitrogen and oxygen atoms in total. The first-order valence-electron chi connectivity index (χ1n) is 8.56. The van der Waals surface area contributed by atoms with Gasteiger partial charge < -0.3 is 31.9 Å². The average Bonchev–Trinajstić information content (AvgIpc) is 2.60. The fraction of sp³-hybridized carbons (Fsp3) is 0.688. The molecule has 0 saturated carbocycles. The minimum Gasteiger partial charge on any atom is -0.481 e. The number of thioether (sulfide) groups is 1. The SMILES string of the molecule is CSCCC(NC(=O)C(CC(=O)O)NC(=O)CNC(=O)C(N)C(C)C)C(=O)O. The van der Waals surface area contributed by atoms with Gasteiger partial charge in [0.15, 0.2) is 0 Å². The molecule has 0 saturated heterocycles. The zero-order valence-corrected chi connectivity index (χ0v) is 16.9. The smallest absolute Gasteiger partial charge is 0.326 e. The van der Waals surface area contributed by atoms with Gasteiger partial charge in [0.2, 0.25) is 17.7 Å². The van der Waals surface area contributed by atoms with Crippen LogP contribution in [0.4, 0.5) is 0 Å². The summed E-state index contributed by atoms with van der Waals surface area (Å²) in [6, 6.07) is -3.52. The molecule has 3 unspecified atom stereocenters. The quantitative estimate of drug-likeness (QED) is 0.203. The number of nitrogens with two attached hydrogens (primary N) is 1. The van der Waals surface area contributed by atoms with Crippen LogP contribution in [0.25, 0.3) is 0 Å². The number of hydrogen-bond acceptors (Lipinski definition) is 7. The lowest BCUT2D eigenvalue weighted by atomic mass is 10.1. The first-order valence-corrected chi connectivity index (χ1v) is 9.95. The zero-order chi connectivity index (χ0) is 21.9. The fourth-order valence-electron chi connectivity index (χ4n) is 1.98. The Morgan fingerprint density at radius 2 is 1.61 bits per heavy atom. The summed E-state index contributed by atoms with van der Waals surface area (Å²) in [5.74, 6) is -4.61. The van der Waals surface area contributed by atoms with E-state index >= 15 is 0 Å². The number of carbonyl (C=O) groups is 5. The lowest BCUT2D eigenvalue weighted by Crippen LogP contribution is -2.54. The van der Waals surface area contributed by atoms with Crippen LogP contribution in [-0.2, 0) is 24.0 Å². The molecule has 3 amide bonds. The maximum atomic E-state index is 12.3. The summed E-state index contributed by atoms with van der Waals surface area (Å²) >= 11 is 1.39. The number of nitrogens with one attached hydrogen (secondary N) is 3. The first-order chi connectivity index (χ1) is 13.0.